The standard InChI is InChI=1S/C21H17N3O3/c22-19(25)18-16-15(17-14-9-5-4-6-12(14)10-11-23(17)18)20(26)24(21(16)27)13-7-2-1-3-8-13/h1-11,15-18H,(H2,22,25)/t15-,16+,17-,18-/m0/s1. The van der Waals surface area contributed by atoms with E-state index in [1.807, 2.05) is 36.4 Å². The molecule has 3 amide bonds. The van der Waals surface area contributed by atoms with E-state index >= 15 is 0 Å². The first-order valence-electron chi connectivity index (χ1n) is 8.86. The Morgan fingerprint density at radius 2 is 1.56 bits per heavy atom. The number of para-hydroxylation sites is 1. The van der Waals surface area contributed by atoms with E-state index in [0.29, 0.717) is 5.69 Å². The van der Waals surface area contributed by atoms with Crippen molar-refractivity contribution in [2.75, 3.05) is 4.90 Å². The number of fused-ring (bicyclic) bond motifs is 5. The minimum Gasteiger partial charge on any atom is -0.368 e. The summed E-state index contributed by atoms with van der Waals surface area (Å²) in [6, 6.07) is 15.4. The van der Waals surface area contributed by atoms with Gasteiger partial charge in [0.05, 0.1) is 23.6 Å². The molecule has 0 unspecified atom stereocenters. The lowest BCUT2D eigenvalue weighted by Crippen LogP contribution is -2.46. The highest BCUT2D eigenvalue weighted by molar-refractivity contribution is 6.24. The van der Waals surface area contributed by atoms with E-state index in [4.69, 9.17) is 5.73 Å². The molecule has 0 bridgehead atoms. The number of benzene rings is 2. The topological polar surface area (TPSA) is 83.7 Å². The summed E-state index contributed by atoms with van der Waals surface area (Å²) in [7, 11) is 0. The van der Waals surface area contributed by atoms with E-state index in [2.05, 4.69) is 0 Å². The molecule has 3 aliphatic heterocycles. The first-order chi connectivity index (χ1) is 13.1. The number of hydrogen-bond acceptors (Lipinski definition) is 4. The van der Waals surface area contributed by atoms with Gasteiger partial charge in [0.2, 0.25) is 17.7 Å². The molecule has 2 saturated heterocycles. The average molecular weight is 359 g/mol. The fourth-order valence-corrected chi connectivity index (χ4v) is 4.71. The van der Waals surface area contributed by atoms with Crippen molar-refractivity contribution in [1.82, 2.24) is 4.90 Å². The quantitative estimate of drug-likeness (QED) is 0.827. The van der Waals surface area contributed by atoms with Crippen LogP contribution in [0, 0.1) is 11.8 Å². The summed E-state index contributed by atoms with van der Waals surface area (Å²) in [4.78, 5) is 41.8. The van der Waals surface area contributed by atoms with Crippen LogP contribution < -0.4 is 10.6 Å². The van der Waals surface area contributed by atoms with Crippen LogP contribution >= 0.6 is 0 Å². The van der Waals surface area contributed by atoms with Gasteiger partial charge in [-0.1, -0.05) is 42.5 Å². The minimum atomic E-state index is -0.838. The fraction of sp³-hybridized carbons (Fsp3) is 0.190. The molecular formula is C21H17N3O3. The SMILES string of the molecule is NC(=O)[C@@H]1[C@@H]2C(=O)N(c3ccccc3)C(=O)[C@@H]2[C@@H]2c3ccccc3C=CN12. The van der Waals surface area contributed by atoms with E-state index in [9.17, 15) is 14.4 Å². The maximum absolute atomic E-state index is 13.3. The highest BCUT2D eigenvalue weighted by Gasteiger charge is 2.64. The molecule has 2 fully saturated rings. The molecule has 0 saturated carbocycles. The van der Waals surface area contributed by atoms with E-state index in [1.54, 1.807) is 35.4 Å². The van der Waals surface area contributed by atoms with Crippen molar-refractivity contribution < 1.29 is 14.4 Å². The molecule has 2 N–H and O–H groups in total. The van der Waals surface area contributed by atoms with Crippen molar-refractivity contribution in [3.05, 3.63) is 71.9 Å². The van der Waals surface area contributed by atoms with Crippen LogP contribution in [0.3, 0.4) is 0 Å². The third-order valence-corrected chi connectivity index (χ3v) is 5.77. The summed E-state index contributed by atoms with van der Waals surface area (Å²) in [5.74, 6) is -2.65. The zero-order valence-electron chi connectivity index (χ0n) is 14.4. The predicted molar refractivity (Wildman–Crippen MR) is 99.0 cm³/mol. The number of rotatable bonds is 2. The van der Waals surface area contributed by atoms with Crippen LogP contribution in [0.4, 0.5) is 5.69 Å². The number of anilines is 1. The Kier molecular flexibility index (Phi) is 3.25. The number of hydrogen-bond donors (Lipinski definition) is 1. The van der Waals surface area contributed by atoms with Crippen LogP contribution in [0.2, 0.25) is 0 Å². The number of primary amides is 1. The van der Waals surface area contributed by atoms with Gasteiger partial charge in [0.1, 0.15) is 6.04 Å². The predicted octanol–water partition coefficient (Wildman–Crippen LogP) is 1.69. The van der Waals surface area contributed by atoms with Crippen LogP contribution in [-0.2, 0) is 14.4 Å². The minimum absolute atomic E-state index is 0.278. The van der Waals surface area contributed by atoms with Crippen LogP contribution in [0.15, 0.2) is 60.8 Å². The molecule has 0 radical (unpaired) electrons. The maximum Gasteiger partial charge on any atom is 0.240 e. The first kappa shape index (κ1) is 15.8. The molecular weight excluding hydrogens is 342 g/mol. The second-order valence-electron chi connectivity index (χ2n) is 7.08. The summed E-state index contributed by atoms with van der Waals surface area (Å²) < 4.78 is 0. The summed E-state index contributed by atoms with van der Waals surface area (Å²) in [5, 5.41) is 0. The lowest BCUT2D eigenvalue weighted by molar-refractivity contribution is -0.129. The zero-order valence-corrected chi connectivity index (χ0v) is 14.4. The number of carbonyl (C=O) groups excluding carboxylic acids is 3. The van der Waals surface area contributed by atoms with Gasteiger partial charge >= 0.3 is 0 Å². The second-order valence-corrected chi connectivity index (χ2v) is 7.08. The molecule has 6 heteroatoms. The van der Waals surface area contributed by atoms with Gasteiger partial charge in [0.15, 0.2) is 0 Å². The number of carbonyl (C=O) groups is 3. The van der Waals surface area contributed by atoms with Crippen molar-refractivity contribution in [1.29, 1.82) is 0 Å². The van der Waals surface area contributed by atoms with Gasteiger partial charge in [0.25, 0.3) is 0 Å². The second kappa shape index (κ2) is 5.54. The largest absolute Gasteiger partial charge is 0.368 e. The Bertz CT molecular complexity index is 1000. The van der Waals surface area contributed by atoms with E-state index in [-0.39, 0.29) is 17.9 Å². The van der Waals surface area contributed by atoms with Gasteiger partial charge in [-0.25, -0.2) is 4.90 Å². The first-order valence-corrected chi connectivity index (χ1v) is 8.86. The Balaban J connectivity index is 1.67. The molecule has 0 spiro atoms. The molecule has 0 aromatic heterocycles. The molecule has 3 aliphatic rings. The molecule has 27 heavy (non-hydrogen) atoms. The third kappa shape index (κ3) is 2.04. The van der Waals surface area contributed by atoms with Gasteiger partial charge in [0, 0.05) is 6.20 Å². The number of nitrogens with two attached hydrogens (primary N) is 1. The van der Waals surface area contributed by atoms with Gasteiger partial charge in [-0.3, -0.25) is 14.4 Å². The van der Waals surface area contributed by atoms with Gasteiger partial charge in [-0.15, -0.1) is 0 Å². The number of amides is 3. The van der Waals surface area contributed by atoms with E-state index in [0.717, 1.165) is 11.1 Å². The van der Waals surface area contributed by atoms with Gasteiger partial charge < -0.3 is 10.6 Å². The smallest absolute Gasteiger partial charge is 0.240 e. The van der Waals surface area contributed by atoms with E-state index < -0.39 is 23.8 Å². The van der Waals surface area contributed by atoms with Crippen LogP contribution in [0.1, 0.15) is 17.2 Å². The normalized spacial score (nSPS) is 28.1. The van der Waals surface area contributed by atoms with Crippen LogP contribution in [0.25, 0.3) is 6.08 Å². The highest BCUT2D eigenvalue weighted by Crippen LogP contribution is 2.52. The number of imide groups is 1. The van der Waals surface area contributed by atoms with Gasteiger partial charge in [-0.2, -0.15) is 0 Å². The lowest BCUT2D eigenvalue weighted by Gasteiger charge is -2.34. The highest BCUT2D eigenvalue weighted by atomic mass is 16.2. The molecule has 3 heterocycles. The molecule has 6 nitrogen and oxygen atoms in total. The zero-order chi connectivity index (χ0) is 18.7. The fourth-order valence-electron chi connectivity index (χ4n) is 4.71. The van der Waals surface area contributed by atoms with Crippen molar-refractivity contribution in [3.63, 3.8) is 0 Å². The monoisotopic (exact) mass is 359 g/mol. The molecule has 0 aliphatic carbocycles. The van der Waals surface area contributed by atoms with Crippen LogP contribution in [-0.4, -0.2) is 28.7 Å². The van der Waals surface area contributed by atoms with Crippen molar-refractivity contribution in [2.24, 2.45) is 17.6 Å². The molecule has 4 atom stereocenters. The number of nitrogens with zero attached hydrogens (tertiary/aromatic N) is 2. The molecule has 2 aromatic carbocycles. The average Bonchev–Trinajstić information content (AvgIpc) is 3.16. The van der Waals surface area contributed by atoms with Crippen molar-refractivity contribution >= 4 is 29.5 Å². The molecule has 134 valence electrons. The summed E-state index contributed by atoms with van der Waals surface area (Å²) in [6.07, 6.45) is 3.68. The Morgan fingerprint density at radius 1 is 0.889 bits per heavy atom. The Labute approximate surface area is 155 Å². The molecule has 5 rings (SSSR count). The Hall–Kier alpha value is -3.41. The summed E-state index contributed by atoms with van der Waals surface area (Å²) in [6.45, 7) is 0. The Morgan fingerprint density at radius 3 is 2.30 bits per heavy atom. The van der Waals surface area contributed by atoms with Crippen molar-refractivity contribution in [3.8, 4) is 0 Å². The maximum atomic E-state index is 13.3. The molecule has 2 aromatic rings. The lowest BCUT2D eigenvalue weighted by atomic mass is 9.84. The van der Waals surface area contributed by atoms with Crippen molar-refractivity contribution in [2.45, 2.75) is 12.1 Å². The van der Waals surface area contributed by atoms with Gasteiger partial charge in [-0.05, 0) is 29.3 Å². The summed E-state index contributed by atoms with van der Waals surface area (Å²) >= 11 is 0. The van der Waals surface area contributed by atoms with Crippen LogP contribution in [0.5, 0.6) is 0 Å². The summed E-state index contributed by atoms with van der Waals surface area (Å²) in [5.41, 5.74) is 8.13. The third-order valence-electron chi connectivity index (χ3n) is 5.77. The van der Waals surface area contributed by atoms with E-state index in [1.165, 1.54) is 4.90 Å².